The zero-order chi connectivity index (χ0) is 20.2. The van der Waals surface area contributed by atoms with Gasteiger partial charge in [-0.1, -0.05) is 11.6 Å². The first-order chi connectivity index (χ1) is 14.2. The number of carbonyl (C=O) groups excluding carboxylic acids is 1. The van der Waals surface area contributed by atoms with E-state index in [2.05, 4.69) is 32.4 Å². The molecule has 1 saturated heterocycles. The molecule has 3 heterocycles. The van der Waals surface area contributed by atoms with Crippen molar-refractivity contribution in [2.24, 2.45) is 0 Å². The zero-order valence-corrected chi connectivity index (χ0v) is 17.3. The van der Waals surface area contributed by atoms with Gasteiger partial charge in [0.2, 0.25) is 0 Å². The number of fused-ring (bicyclic) bond motifs is 1. The van der Waals surface area contributed by atoms with Gasteiger partial charge in [0.25, 0.3) is 0 Å². The van der Waals surface area contributed by atoms with Crippen molar-refractivity contribution < 1.29 is 4.79 Å². The number of pyridine rings is 1. The van der Waals surface area contributed by atoms with Crippen molar-refractivity contribution in [3.8, 4) is 5.69 Å². The van der Waals surface area contributed by atoms with E-state index in [1.54, 1.807) is 0 Å². The fourth-order valence-corrected chi connectivity index (χ4v) is 4.17. The SMILES string of the molecule is CNCCNC(=O)N1CCC(c2cn(-c3ccc(Cl)cc3)c3cnccc23)CC1. The van der Waals surface area contributed by atoms with E-state index < -0.39 is 0 Å². The number of nitrogens with one attached hydrogen (secondary N) is 2. The van der Waals surface area contributed by atoms with Crippen LogP contribution in [0.4, 0.5) is 4.79 Å². The minimum atomic E-state index is 0.0338. The van der Waals surface area contributed by atoms with Crippen LogP contribution in [0.2, 0.25) is 5.02 Å². The molecule has 2 amide bonds. The molecule has 0 radical (unpaired) electrons. The van der Waals surface area contributed by atoms with Crippen LogP contribution < -0.4 is 10.6 Å². The maximum absolute atomic E-state index is 12.3. The first-order valence-corrected chi connectivity index (χ1v) is 10.4. The van der Waals surface area contributed by atoms with Crippen LogP contribution >= 0.6 is 11.6 Å². The van der Waals surface area contributed by atoms with Crippen molar-refractivity contribution >= 4 is 28.5 Å². The summed E-state index contributed by atoms with van der Waals surface area (Å²) in [6, 6.07) is 9.99. The predicted molar refractivity (Wildman–Crippen MR) is 117 cm³/mol. The second kappa shape index (κ2) is 8.84. The Morgan fingerprint density at radius 2 is 1.93 bits per heavy atom. The van der Waals surface area contributed by atoms with Crippen molar-refractivity contribution in [3.05, 3.63) is 59.5 Å². The van der Waals surface area contributed by atoms with Gasteiger partial charge in [-0.2, -0.15) is 0 Å². The Bertz CT molecular complexity index is 977. The summed E-state index contributed by atoms with van der Waals surface area (Å²) in [5.74, 6) is 0.426. The van der Waals surface area contributed by atoms with Gasteiger partial charge in [0.1, 0.15) is 0 Å². The molecule has 2 N–H and O–H groups in total. The second-order valence-electron chi connectivity index (χ2n) is 7.42. The highest BCUT2D eigenvalue weighted by atomic mass is 35.5. The molecule has 0 atom stereocenters. The highest BCUT2D eigenvalue weighted by molar-refractivity contribution is 6.30. The van der Waals surface area contributed by atoms with Crippen LogP contribution in [-0.2, 0) is 0 Å². The van der Waals surface area contributed by atoms with Crippen LogP contribution in [0.3, 0.4) is 0 Å². The van der Waals surface area contributed by atoms with E-state index >= 15 is 0 Å². The number of carbonyl (C=O) groups is 1. The van der Waals surface area contributed by atoms with E-state index in [9.17, 15) is 4.79 Å². The third-order valence-electron chi connectivity index (χ3n) is 5.62. The molecule has 3 aromatic rings. The highest BCUT2D eigenvalue weighted by Crippen LogP contribution is 2.35. The van der Waals surface area contributed by atoms with Crippen molar-refractivity contribution in [2.45, 2.75) is 18.8 Å². The van der Waals surface area contributed by atoms with Gasteiger partial charge in [0.15, 0.2) is 0 Å². The molecule has 1 aromatic carbocycles. The summed E-state index contributed by atoms with van der Waals surface area (Å²) in [5, 5.41) is 7.97. The quantitative estimate of drug-likeness (QED) is 0.628. The molecule has 0 saturated carbocycles. The zero-order valence-electron chi connectivity index (χ0n) is 16.6. The van der Waals surface area contributed by atoms with Crippen molar-refractivity contribution in [2.75, 3.05) is 33.2 Å². The molecule has 7 heteroatoms. The molecule has 1 aliphatic heterocycles. The van der Waals surface area contributed by atoms with Crippen molar-refractivity contribution in [1.82, 2.24) is 25.1 Å². The number of aromatic nitrogens is 2. The van der Waals surface area contributed by atoms with Gasteiger partial charge < -0.3 is 20.1 Å². The molecule has 0 spiro atoms. The number of halogens is 1. The first kappa shape index (κ1) is 19.7. The number of rotatable bonds is 5. The van der Waals surface area contributed by atoms with Crippen LogP contribution in [0.5, 0.6) is 0 Å². The van der Waals surface area contributed by atoms with Gasteiger partial charge in [-0.05, 0) is 61.7 Å². The van der Waals surface area contributed by atoms with E-state index in [0.717, 1.165) is 48.7 Å². The number of benzene rings is 1. The smallest absolute Gasteiger partial charge is 0.317 e. The Kier molecular flexibility index (Phi) is 6.02. The van der Waals surface area contributed by atoms with Gasteiger partial charge in [0.05, 0.1) is 11.7 Å². The number of nitrogens with zero attached hydrogens (tertiary/aromatic N) is 3. The topological polar surface area (TPSA) is 62.2 Å². The Balaban J connectivity index is 1.53. The molecule has 0 aliphatic carbocycles. The summed E-state index contributed by atoms with van der Waals surface area (Å²) in [6.45, 7) is 2.97. The number of likely N-dealkylation sites (N-methyl/N-ethyl adjacent to an activating group) is 1. The van der Waals surface area contributed by atoms with E-state index in [0.29, 0.717) is 12.5 Å². The second-order valence-corrected chi connectivity index (χ2v) is 7.86. The average Bonchev–Trinajstić information content (AvgIpc) is 3.14. The van der Waals surface area contributed by atoms with Gasteiger partial charge in [-0.25, -0.2) is 4.79 Å². The summed E-state index contributed by atoms with van der Waals surface area (Å²) in [5.41, 5.74) is 3.49. The fourth-order valence-electron chi connectivity index (χ4n) is 4.04. The van der Waals surface area contributed by atoms with Gasteiger partial charge in [0, 0.05) is 54.7 Å². The molecule has 4 rings (SSSR count). The summed E-state index contributed by atoms with van der Waals surface area (Å²) in [7, 11) is 1.88. The van der Waals surface area contributed by atoms with E-state index in [-0.39, 0.29) is 6.03 Å². The lowest BCUT2D eigenvalue weighted by molar-refractivity contribution is 0.181. The molecule has 6 nitrogen and oxygen atoms in total. The molecule has 1 aliphatic rings. The Morgan fingerprint density at radius 3 is 2.66 bits per heavy atom. The first-order valence-electron chi connectivity index (χ1n) is 10.1. The highest BCUT2D eigenvalue weighted by Gasteiger charge is 2.26. The number of piperidine rings is 1. The van der Waals surface area contributed by atoms with Crippen molar-refractivity contribution in [1.29, 1.82) is 0 Å². The maximum atomic E-state index is 12.3. The van der Waals surface area contributed by atoms with Gasteiger partial charge in [-0.3, -0.25) is 4.98 Å². The van der Waals surface area contributed by atoms with Crippen LogP contribution in [0, 0.1) is 0 Å². The summed E-state index contributed by atoms with van der Waals surface area (Å²) < 4.78 is 2.19. The molecule has 0 unspecified atom stereocenters. The van der Waals surface area contributed by atoms with Crippen LogP contribution in [-0.4, -0.2) is 53.7 Å². The molecular weight excluding hydrogens is 386 g/mol. The Hall–Kier alpha value is -2.57. The number of urea groups is 1. The van der Waals surface area contributed by atoms with Gasteiger partial charge in [-0.15, -0.1) is 0 Å². The average molecular weight is 412 g/mol. The predicted octanol–water partition coefficient (Wildman–Crippen LogP) is 3.79. The number of hydrogen-bond donors (Lipinski definition) is 2. The minimum Gasteiger partial charge on any atom is -0.337 e. The Labute approximate surface area is 175 Å². The standard InChI is InChI=1S/C22H26ClN5O/c1-24-10-11-26-22(29)27-12-7-16(8-13-27)20-15-28(18-4-2-17(23)3-5-18)21-14-25-9-6-19(20)21/h2-6,9,14-16,24H,7-8,10-13H2,1H3,(H,26,29). The lowest BCUT2D eigenvalue weighted by Crippen LogP contribution is -2.45. The minimum absolute atomic E-state index is 0.0338. The third-order valence-corrected chi connectivity index (χ3v) is 5.87. The normalized spacial score (nSPS) is 15.0. The summed E-state index contributed by atoms with van der Waals surface area (Å²) in [6.07, 6.45) is 7.91. The molecule has 152 valence electrons. The number of likely N-dealkylation sites (tertiary alicyclic amines) is 1. The van der Waals surface area contributed by atoms with E-state index in [1.807, 2.05) is 48.6 Å². The summed E-state index contributed by atoms with van der Waals surface area (Å²) in [4.78, 5) is 18.6. The maximum Gasteiger partial charge on any atom is 0.317 e. The molecular formula is C22H26ClN5O. The van der Waals surface area contributed by atoms with Gasteiger partial charge >= 0.3 is 6.03 Å². The van der Waals surface area contributed by atoms with Crippen LogP contribution in [0.1, 0.15) is 24.3 Å². The monoisotopic (exact) mass is 411 g/mol. The van der Waals surface area contributed by atoms with E-state index in [1.165, 1.54) is 10.9 Å². The van der Waals surface area contributed by atoms with Crippen LogP contribution in [0.15, 0.2) is 48.9 Å². The van der Waals surface area contributed by atoms with E-state index in [4.69, 9.17) is 11.6 Å². The van der Waals surface area contributed by atoms with Crippen LogP contribution in [0.25, 0.3) is 16.6 Å². The molecule has 1 fully saturated rings. The number of hydrogen-bond acceptors (Lipinski definition) is 3. The summed E-state index contributed by atoms with van der Waals surface area (Å²) >= 11 is 6.06. The molecule has 29 heavy (non-hydrogen) atoms. The lowest BCUT2D eigenvalue weighted by atomic mass is 9.89. The third kappa shape index (κ3) is 4.23. The number of amides is 2. The van der Waals surface area contributed by atoms with Crippen molar-refractivity contribution in [3.63, 3.8) is 0 Å². The Morgan fingerprint density at radius 1 is 1.17 bits per heavy atom. The largest absolute Gasteiger partial charge is 0.337 e. The lowest BCUT2D eigenvalue weighted by Gasteiger charge is -2.32. The molecule has 2 aromatic heterocycles. The molecule has 0 bridgehead atoms. The fraction of sp³-hybridized carbons (Fsp3) is 0.364.